The molecule has 3 rings (SSSR count). The molecule has 1 N–H and O–H groups in total. The molecule has 0 bridgehead atoms. The van der Waals surface area contributed by atoms with Crippen LogP contribution in [0.2, 0.25) is 0 Å². The standard InChI is InChI=1S/C13H12N4O2S3/c1-20-13-15-14-9-17(13)11-5-2-4-10(8-11)16-22(18,19)12-6-3-7-21-12/h2-9,16H,1H3. The topological polar surface area (TPSA) is 76.9 Å². The highest BCUT2D eigenvalue weighted by atomic mass is 32.2. The van der Waals surface area contributed by atoms with Gasteiger partial charge in [-0.3, -0.25) is 9.29 Å². The van der Waals surface area contributed by atoms with Crippen molar-refractivity contribution in [1.29, 1.82) is 0 Å². The second-order valence-electron chi connectivity index (χ2n) is 4.28. The number of nitrogens with one attached hydrogen (secondary N) is 1. The van der Waals surface area contributed by atoms with E-state index in [1.165, 1.54) is 23.1 Å². The van der Waals surface area contributed by atoms with Gasteiger partial charge in [-0.15, -0.1) is 21.5 Å². The Kier molecular flexibility index (Phi) is 4.19. The van der Waals surface area contributed by atoms with Crippen LogP contribution in [0, 0.1) is 0 Å². The molecule has 2 aromatic heterocycles. The van der Waals surface area contributed by atoms with E-state index in [9.17, 15) is 8.42 Å². The van der Waals surface area contributed by atoms with Crippen molar-refractivity contribution in [2.24, 2.45) is 0 Å². The van der Waals surface area contributed by atoms with Gasteiger partial charge in [-0.1, -0.05) is 23.9 Å². The van der Waals surface area contributed by atoms with Crippen molar-refractivity contribution in [2.45, 2.75) is 9.37 Å². The second kappa shape index (κ2) is 6.11. The van der Waals surface area contributed by atoms with E-state index in [-0.39, 0.29) is 4.21 Å². The van der Waals surface area contributed by atoms with Crippen molar-refractivity contribution >= 4 is 38.8 Å². The van der Waals surface area contributed by atoms with E-state index in [0.29, 0.717) is 5.69 Å². The minimum absolute atomic E-state index is 0.284. The van der Waals surface area contributed by atoms with Crippen LogP contribution in [-0.4, -0.2) is 29.4 Å². The molecule has 1 aromatic carbocycles. The molecule has 114 valence electrons. The van der Waals surface area contributed by atoms with E-state index in [4.69, 9.17) is 0 Å². The summed E-state index contributed by atoms with van der Waals surface area (Å²) in [5, 5.41) is 10.3. The SMILES string of the molecule is CSc1nncn1-c1cccc(NS(=O)(=O)c2cccs2)c1. The molecule has 6 nitrogen and oxygen atoms in total. The van der Waals surface area contributed by atoms with Crippen molar-refractivity contribution in [3.63, 3.8) is 0 Å². The first-order valence-corrected chi connectivity index (χ1v) is 9.80. The van der Waals surface area contributed by atoms with Crippen molar-refractivity contribution in [1.82, 2.24) is 14.8 Å². The molecule has 9 heteroatoms. The molecule has 0 unspecified atom stereocenters. The lowest BCUT2D eigenvalue weighted by Gasteiger charge is -2.09. The van der Waals surface area contributed by atoms with Crippen LogP contribution in [-0.2, 0) is 10.0 Å². The lowest BCUT2D eigenvalue weighted by molar-refractivity contribution is 0.603. The Balaban J connectivity index is 1.92. The van der Waals surface area contributed by atoms with Gasteiger partial charge in [-0.25, -0.2) is 8.42 Å². The highest BCUT2D eigenvalue weighted by Crippen LogP contribution is 2.23. The summed E-state index contributed by atoms with van der Waals surface area (Å²) in [5.74, 6) is 0. The van der Waals surface area contributed by atoms with Crippen molar-refractivity contribution in [2.75, 3.05) is 11.0 Å². The number of sulfonamides is 1. The summed E-state index contributed by atoms with van der Waals surface area (Å²) in [6.45, 7) is 0. The Bertz CT molecular complexity index is 872. The lowest BCUT2D eigenvalue weighted by atomic mass is 10.3. The van der Waals surface area contributed by atoms with E-state index in [2.05, 4.69) is 14.9 Å². The Labute approximate surface area is 136 Å². The average molecular weight is 352 g/mol. The minimum atomic E-state index is -3.55. The molecule has 0 radical (unpaired) electrons. The third-order valence-corrected chi connectivity index (χ3v) is 6.26. The Morgan fingerprint density at radius 3 is 2.86 bits per heavy atom. The quantitative estimate of drug-likeness (QED) is 0.715. The summed E-state index contributed by atoms with van der Waals surface area (Å²) < 4.78 is 29.2. The number of aromatic nitrogens is 3. The van der Waals surface area contributed by atoms with Crippen LogP contribution in [0.1, 0.15) is 0 Å². The first-order chi connectivity index (χ1) is 10.6. The molecule has 0 aliphatic rings. The molecule has 0 aliphatic carbocycles. The number of benzene rings is 1. The third-order valence-electron chi connectivity index (χ3n) is 2.84. The third kappa shape index (κ3) is 3.01. The summed E-state index contributed by atoms with van der Waals surface area (Å²) in [4.78, 5) is 0. The lowest BCUT2D eigenvalue weighted by Crippen LogP contribution is -2.11. The van der Waals surface area contributed by atoms with Crippen molar-refractivity contribution in [3.8, 4) is 5.69 Å². The smallest absolute Gasteiger partial charge is 0.271 e. The number of thiophene rings is 1. The first-order valence-electron chi connectivity index (χ1n) is 6.21. The molecule has 0 amide bonds. The van der Waals surface area contributed by atoms with Gasteiger partial charge < -0.3 is 0 Å². The number of rotatable bonds is 5. The van der Waals surface area contributed by atoms with Gasteiger partial charge in [0.15, 0.2) is 5.16 Å². The van der Waals surface area contributed by atoms with Gasteiger partial charge in [0.2, 0.25) is 0 Å². The number of hydrogen-bond acceptors (Lipinski definition) is 6. The van der Waals surface area contributed by atoms with Gasteiger partial charge in [0.1, 0.15) is 10.5 Å². The molecule has 0 aliphatic heterocycles. The van der Waals surface area contributed by atoms with E-state index in [1.54, 1.807) is 46.6 Å². The zero-order valence-corrected chi connectivity index (χ0v) is 14.0. The first kappa shape index (κ1) is 15.1. The van der Waals surface area contributed by atoms with Crippen LogP contribution >= 0.6 is 23.1 Å². The Morgan fingerprint density at radius 2 is 2.14 bits per heavy atom. The number of anilines is 1. The average Bonchev–Trinajstić information content (AvgIpc) is 3.18. The van der Waals surface area contributed by atoms with Gasteiger partial charge in [0.05, 0.1) is 11.4 Å². The molecule has 0 saturated heterocycles. The van der Waals surface area contributed by atoms with E-state index >= 15 is 0 Å². The van der Waals surface area contributed by atoms with Crippen LogP contribution < -0.4 is 4.72 Å². The molecular weight excluding hydrogens is 340 g/mol. The zero-order valence-electron chi connectivity index (χ0n) is 11.5. The molecule has 3 aromatic rings. The van der Waals surface area contributed by atoms with Crippen molar-refractivity contribution < 1.29 is 8.42 Å². The molecule has 0 spiro atoms. The van der Waals surface area contributed by atoms with E-state index in [0.717, 1.165) is 10.8 Å². The predicted octanol–water partition coefficient (Wildman–Crippen LogP) is 2.85. The normalized spacial score (nSPS) is 11.5. The van der Waals surface area contributed by atoms with Crippen LogP contribution in [0.5, 0.6) is 0 Å². The Hall–Kier alpha value is -1.84. The molecule has 2 heterocycles. The highest BCUT2D eigenvalue weighted by Gasteiger charge is 2.15. The molecule has 0 atom stereocenters. The molecule has 22 heavy (non-hydrogen) atoms. The monoisotopic (exact) mass is 352 g/mol. The van der Waals surface area contributed by atoms with Gasteiger partial charge in [0.25, 0.3) is 10.0 Å². The maximum atomic E-state index is 12.2. The Morgan fingerprint density at radius 1 is 1.27 bits per heavy atom. The predicted molar refractivity (Wildman–Crippen MR) is 88.3 cm³/mol. The second-order valence-corrected chi connectivity index (χ2v) is 7.91. The van der Waals surface area contributed by atoms with E-state index < -0.39 is 10.0 Å². The number of hydrogen-bond donors (Lipinski definition) is 1. The summed E-state index contributed by atoms with van der Waals surface area (Å²) >= 11 is 2.64. The minimum Gasteiger partial charge on any atom is -0.279 e. The fourth-order valence-corrected chi connectivity index (χ4v) is 4.40. The van der Waals surface area contributed by atoms with E-state index in [1.807, 2.05) is 12.3 Å². The maximum absolute atomic E-state index is 12.2. The van der Waals surface area contributed by atoms with Crippen LogP contribution in [0.25, 0.3) is 5.69 Å². The van der Waals surface area contributed by atoms with Gasteiger partial charge in [0, 0.05) is 0 Å². The van der Waals surface area contributed by atoms with Crippen molar-refractivity contribution in [3.05, 3.63) is 48.1 Å². The summed E-state index contributed by atoms with van der Waals surface area (Å²) in [5.41, 5.74) is 1.28. The molecule has 0 saturated carbocycles. The van der Waals surface area contributed by atoms with Crippen LogP contribution in [0.3, 0.4) is 0 Å². The summed E-state index contributed by atoms with van der Waals surface area (Å²) in [6.07, 6.45) is 3.50. The highest BCUT2D eigenvalue weighted by molar-refractivity contribution is 7.98. The summed E-state index contributed by atoms with van der Waals surface area (Å²) in [7, 11) is -3.55. The van der Waals surface area contributed by atoms with Crippen LogP contribution in [0.15, 0.2) is 57.5 Å². The van der Waals surface area contributed by atoms with Gasteiger partial charge in [-0.2, -0.15) is 0 Å². The van der Waals surface area contributed by atoms with Gasteiger partial charge in [-0.05, 0) is 35.9 Å². The fourth-order valence-electron chi connectivity index (χ4n) is 1.88. The largest absolute Gasteiger partial charge is 0.279 e. The van der Waals surface area contributed by atoms with Crippen LogP contribution in [0.4, 0.5) is 5.69 Å². The zero-order chi connectivity index (χ0) is 15.6. The summed E-state index contributed by atoms with van der Waals surface area (Å²) in [6, 6.07) is 10.4. The fraction of sp³-hybridized carbons (Fsp3) is 0.0769. The maximum Gasteiger partial charge on any atom is 0.271 e. The molecular formula is C13H12N4O2S3. The number of nitrogens with zero attached hydrogens (tertiary/aromatic N) is 3. The number of thioether (sulfide) groups is 1. The van der Waals surface area contributed by atoms with Gasteiger partial charge >= 0.3 is 0 Å². The molecule has 0 fully saturated rings.